The number of unbranched alkanes of at least 4 members (excludes halogenated alkanes) is 1. The van der Waals surface area contributed by atoms with Crippen molar-refractivity contribution in [3.63, 3.8) is 0 Å². The van der Waals surface area contributed by atoms with Crippen LogP contribution in [0.25, 0.3) is 0 Å². The third-order valence-corrected chi connectivity index (χ3v) is 15.0. The molecule has 0 saturated carbocycles. The number of halogens is 13. The standard InChI is InChI=1S/C65H79F13N2O17/c1-3-46(57(85)96-40-25-60(66,67)61(68,69)62(70,71)63(72,73)64(74,75)65(76,77)78)42-52(59(87)95-38-8-7-37-93-49-23-19-47(20-24-49)58(86)97-50-21-17-45(43-79)18-22-50)53-51(54(82)80(55(53)83)48-15-5-4-6-16-48)41-44(2)56(84)94-39-14-36-92-35-13-34-91-33-12-32-90-31-11-30-89-29-10-28-88-27-9-26-81/h4-6,15-24,44,46,51-53,81H,3,7-14,25-42H2,1-2H3. The molecule has 542 valence electrons. The van der Waals surface area contributed by atoms with Crippen LogP contribution in [0.15, 0.2) is 78.9 Å². The van der Waals surface area contributed by atoms with Gasteiger partial charge >= 0.3 is 59.7 Å². The Labute approximate surface area is 551 Å². The molecule has 1 N–H and O–H groups in total. The zero-order chi connectivity index (χ0) is 71.9. The minimum atomic E-state index is -8.16. The molecule has 97 heavy (non-hydrogen) atoms. The lowest BCUT2D eigenvalue weighted by Crippen LogP contribution is -2.70. The molecule has 1 aliphatic rings. The number of rotatable bonds is 48. The summed E-state index contributed by atoms with van der Waals surface area (Å²) in [5.41, 5.74) is 0.471. The van der Waals surface area contributed by atoms with Crippen molar-refractivity contribution in [1.82, 2.24) is 0 Å². The summed E-state index contributed by atoms with van der Waals surface area (Å²) in [6, 6.07) is 20.6. The van der Waals surface area contributed by atoms with Gasteiger partial charge in [-0.1, -0.05) is 32.0 Å². The van der Waals surface area contributed by atoms with E-state index in [9.17, 15) is 85.8 Å². The van der Waals surface area contributed by atoms with E-state index in [0.29, 0.717) is 94.9 Å². The first-order valence-electron chi connectivity index (χ1n) is 31.3. The van der Waals surface area contributed by atoms with Gasteiger partial charge in [0.1, 0.15) is 11.5 Å². The number of carbonyl (C=O) groups excluding carboxylic acids is 6. The molecular formula is C65H79F13N2O17. The maximum absolute atomic E-state index is 14.8. The molecule has 3 aromatic rings. The van der Waals surface area contributed by atoms with Crippen molar-refractivity contribution >= 4 is 41.4 Å². The SMILES string of the molecule is CCC(CC(C(=O)OCCCCOc1ccc(C(=O)Oc2ccc(C#N)cc2)cc1)C1C(=O)N(c2ccccc2)C(=O)C1CC(C)C(=O)OCCCOCCCOCCCOCCCOCCCOCCCO)C(=O)OCCC(F)(F)C(F)(F)C(F)(F)C(F)(F)C(F)(F)C(F)(F)F. The molecule has 0 aliphatic carbocycles. The molecule has 19 nitrogen and oxygen atoms in total. The van der Waals surface area contributed by atoms with Crippen LogP contribution in [0.1, 0.15) is 107 Å². The summed E-state index contributed by atoms with van der Waals surface area (Å²) in [6.07, 6.45) is -8.65. The molecular weight excluding hydrogens is 1330 g/mol. The lowest BCUT2D eigenvalue weighted by molar-refractivity contribution is -0.440. The van der Waals surface area contributed by atoms with Crippen LogP contribution < -0.4 is 14.4 Å². The molecule has 5 atom stereocenters. The molecule has 0 radical (unpaired) electrons. The molecule has 2 amide bonds. The number of carbonyl (C=O) groups is 6. The first-order chi connectivity index (χ1) is 45.9. The quantitative estimate of drug-likeness (QED) is 0.0138. The first-order valence-corrected chi connectivity index (χ1v) is 31.3. The van der Waals surface area contributed by atoms with Gasteiger partial charge in [-0.2, -0.15) is 62.3 Å². The van der Waals surface area contributed by atoms with Gasteiger partial charge in [0, 0.05) is 79.1 Å². The highest BCUT2D eigenvalue weighted by Gasteiger charge is 2.90. The molecule has 0 spiro atoms. The highest BCUT2D eigenvalue weighted by molar-refractivity contribution is 6.22. The first kappa shape index (κ1) is 82.2. The van der Waals surface area contributed by atoms with E-state index < -0.39 is 140 Å². The van der Waals surface area contributed by atoms with Gasteiger partial charge in [-0.3, -0.25) is 28.9 Å². The average Bonchev–Trinajstić information content (AvgIpc) is 1.27. The maximum atomic E-state index is 14.8. The van der Waals surface area contributed by atoms with Gasteiger partial charge in [-0.25, -0.2) is 4.79 Å². The van der Waals surface area contributed by atoms with Gasteiger partial charge in [-0.15, -0.1) is 0 Å². The summed E-state index contributed by atoms with van der Waals surface area (Å²) in [4.78, 5) is 84.1. The fraction of sp³-hybridized carbons (Fsp3) is 0.615. The second-order valence-corrected chi connectivity index (χ2v) is 22.3. The third kappa shape index (κ3) is 24.1. The number of esters is 4. The predicted octanol–water partition coefficient (Wildman–Crippen LogP) is 12.0. The minimum absolute atomic E-state index is 0.0184. The van der Waals surface area contributed by atoms with Crippen molar-refractivity contribution in [3.8, 4) is 17.6 Å². The lowest BCUT2D eigenvalue weighted by Gasteiger charge is -2.39. The molecule has 1 heterocycles. The lowest BCUT2D eigenvalue weighted by atomic mass is 9.75. The van der Waals surface area contributed by atoms with E-state index >= 15 is 0 Å². The Hall–Kier alpha value is -7.18. The van der Waals surface area contributed by atoms with Gasteiger partial charge < -0.3 is 52.5 Å². The van der Waals surface area contributed by atoms with Crippen LogP contribution in [0, 0.1) is 40.9 Å². The zero-order valence-electron chi connectivity index (χ0n) is 53.3. The Bertz CT molecular complexity index is 2940. The highest BCUT2D eigenvalue weighted by atomic mass is 19.4. The van der Waals surface area contributed by atoms with Gasteiger partial charge in [-0.05, 0) is 125 Å². The summed E-state index contributed by atoms with van der Waals surface area (Å²) in [7, 11) is 0. The summed E-state index contributed by atoms with van der Waals surface area (Å²) < 4.78 is 235. The van der Waals surface area contributed by atoms with E-state index in [-0.39, 0.29) is 62.7 Å². The van der Waals surface area contributed by atoms with E-state index in [1.807, 2.05) is 6.07 Å². The summed E-state index contributed by atoms with van der Waals surface area (Å²) in [5.74, 6) is -52.9. The van der Waals surface area contributed by atoms with Crippen LogP contribution in [-0.2, 0) is 61.9 Å². The van der Waals surface area contributed by atoms with Crippen molar-refractivity contribution < 1.29 is 138 Å². The van der Waals surface area contributed by atoms with Gasteiger partial charge in [0.05, 0.1) is 85.3 Å². The Morgan fingerprint density at radius 1 is 0.536 bits per heavy atom. The summed E-state index contributed by atoms with van der Waals surface area (Å²) in [6.45, 7) is 4.51. The molecule has 1 fully saturated rings. The van der Waals surface area contributed by atoms with E-state index in [4.69, 9.17) is 53.0 Å². The maximum Gasteiger partial charge on any atom is 0.460 e. The summed E-state index contributed by atoms with van der Waals surface area (Å²) in [5, 5.41) is 17.7. The van der Waals surface area contributed by atoms with E-state index in [1.165, 1.54) is 92.7 Å². The van der Waals surface area contributed by atoms with Crippen molar-refractivity contribution in [1.29, 1.82) is 5.26 Å². The number of ether oxygens (including phenoxy) is 10. The van der Waals surface area contributed by atoms with Crippen molar-refractivity contribution in [2.75, 3.05) is 104 Å². The van der Waals surface area contributed by atoms with Crippen molar-refractivity contribution in [3.05, 3.63) is 90.0 Å². The van der Waals surface area contributed by atoms with Gasteiger partial charge in [0.25, 0.3) is 0 Å². The number of aliphatic hydroxyl groups excluding tert-OH is 1. The number of alkyl halides is 13. The number of hydrogen-bond donors (Lipinski definition) is 1. The fourth-order valence-electron chi connectivity index (χ4n) is 9.57. The average molecular weight is 1410 g/mol. The molecule has 32 heteroatoms. The topological polar surface area (TPSA) is 242 Å². The van der Waals surface area contributed by atoms with E-state index in [0.717, 1.165) is 12.8 Å². The Morgan fingerprint density at radius 3 is 1.51 bits per heavy atom. The molecule has 0 bridgehead atoms. The van der Waals surface area contributed by atoms with Crippen LogP contribution in [0.2, 0.25) is 0 Å². The molecule has 1 saturated heterocycles. The minimum Gasteiger partial charge on any atom is -0.494 e. The van der Waals surface area contributed by atoms with Gasteiger partial charge in [0.15, 0.2) is 0 Å². The second kappa shape index (κ2) is 40.0. The van der Waals surface area contributed by atoms with E-state index in [1.54, 1.807) is 0 Å². The molecule has 5 unspecified atom stereocenters. The Morgan fingerprint density at radius 2 is 1.00 bits per heavy atom. The molecule has 3 aromatic carbocycles. The molecule has 1 aliphatic heterocycles. The number of amides is 2. The number of nitriles is 1. The molecule has 0 aromatic heterocycles. The molecule has 4 rings (SSSR count). The largest absolute Gasteiger partial charge is 0.494 e. The fourth-order valence-corrected chi connectivity index (χ4v) is 9.57. The van der Waals surface area contributed by atoms with Crippen LogP contribution in [-0.4, -0.2) is 176 Å². The highest BCUT2D eigenvalue weighted by Crippen LogP contribution is 2.61. The normalized spacial score (nSPS) is 15.8. The predicted molar refractivity (Wildman–Crippen MR) is 316 cm³/mol. The van der Waals surface area contributed by atoms with Gasteiger partial charge in [0.2, 0.25) is 11.8 Å². The number of aliphatic hydroxyl groups is 1. The van der Waals surface area contributed by atoms with Crippen LogP contribution in [0.5, 0.6) is 11.5 Å². The second-order valence-electron chi connectivity index (χ2n) is 22.3. The number of anilines is 1. The number of hydrogen-bond acceptors (Lipinski definition) is 18. The number of imide groups is 1. The number of nitrogens with zero attached hydrogens (tertiary/aromatic N) is 2. The zero-order valence-corrected chi connectivity index (χ0v) is 53.3. The Kier molecular flexibility index (Phi) is 33.9. The third-order valence-electron chi connectivity index (χ3n) is 15.0. The summed E-state index contributed by atoms with van der Waals surface area (Å²) >= 11 is 0. The monoisotopic (exact) mass is 1410 g/mol. The van der Waals surface area contributed by atoms with Crippen LogP contribution in [0.3, 0.4) is 0 Å². The number of para-hydroxylation sites is 1. The van der Waals surface area contributed by atoms with Crippen molar-refractivity contribution in [2.45, 2.75) is 127 Å². The number of benzene rings is 3. The smallest absolute Gasteiger partial charge is 0.460 e. The Balaban J connectivity index is 1.41. The van der Waals surface area contributed by atoms with Crippen molar-refractivity contribution in [2.24, 2.45) is 29.6 Å². The van der Waals surface area contributed by atoms with E-state index in [2.05, 4.69) is 4.74 Å². The van der Waals surface area contributed by atoms with Crippen LogP contribution in [0.4, 0.5) is 62.8 Å². The van der Waals surface area contributed by atoms with Crippen LogP contribution >= 0.6 is 0 Å².